The number of aryl methyl sites for hydroxylation is 1. The molecule has 0 amide bonds. The number of benzene rings is 2. The number of hydrogen-bond donors (Lipinski definition) is 2. The van der Waals surface area contributed by atoms with Gasteiger partial charge in [0.2, 0.25) is 0 Å². The molecule has 0 aliphatic heterocycles. The molecule has 0 saturated heterocycles. The van der Waals surface area contributed by atoms with Gasteiger partial charge in [0, 0.05) is 23.8 Å². The van der Waals surface area contributed by atoms with Crippen molar-refractivity contribution in [2.75, 3.05) is 4.72 Å². The first-order chi connectivity index (χ1) is 11.4. The maximum atomic E-state index is 12.8. The van der Waals surface area contributed by atoms with Gasteiger partial charge in [0.25, 0.3) is 10.0 Å². The van der Waals surface area contributed by atoms with Gasteiger partial charge in [0.15, 0.2) is 0 Å². The zero-order valence-electron chi connectivity index (χ0n) is 12.6. The average Bonchev–Trinajstić information content (AvgIpc) is 2.94. The van der Waals surface area contributed by atoms with E-state index in [0.29, 0.717) is 16.3 Å². The summed E-state index contributed by atoms with van der Waals surface area (Å²) in [6.07, 6.45) is 1.41. The Morgan fingerprint density at radius 2 is 1.88 bits per heavy atom. The molecule has 6 nitrogen and oxygen atoms in total. The average molecular weight is 364 g/mol. The van der Waals surface area contributed by atoms with Gasteiger partial charge in [-0.2, -0.15) is 5.10 Å². The van der Waals surface area contributed by atoms with Crippen LogP contribution in [0.4, 0.5) is 5.69 Å². The summed E-state index contributed by atoms with van der Waals surface area (Å²) < 4.78 is 29.3. The molecule has 0 radical (unpaired) electrons. The number of rotatable bonds is 4. The summed E-state index contributed by atoms with van der Waals surface area (Å²) in [4.78, 5) is 0.00979. The molecule has 0 fully saturated rings. The maximum absolute atomic E-state index is 12.8. The number of nitrogens with one attached hydrogen (secondary N) is 1. The standard InChI is InChI=1S/C16H14ClN3O3S/c1-20-10-15(16(18-20)11-5-3-2-4-6-11)24(22,23)19-13-9-12(17)7-8-14(13)21/h2-10,19,21H,1H3. The van der Waals surface area contributed by atoms with E-state index < -0.39 is 10.0 Å². The van der Waals surface area contributed by atoms with E-state index >= 15 is 0 Å². The Hall–Kier alpha value is -2.51. The van der Waals surface area contributed by atoms with E-state index in [1.54, 1.807) is 31.3 Å². The predicted molar refractivity (Wildman–Crippen MR) is 92.6 cm³/mol. The molecule has 2 N–H and O–H groups in total. The number of phenols is 1. The Kier molecular flexibility index (Phi) is 4.21. The topological polar surface area (TPSA) is 84.2 Å². The molecule has 24 heavy (non-hydrogen) atoms. The Morgan fingerprint density at radius 1 is 1.17 bits per heavy atom. The fraction of sp³-hybridized carbons (Fsp3) is 0.0625. The first kappa shape index (κ1) is 16.4. The molecule has 2 aromatic carbocycles. The monoisotopic (exact) mass is 363 g/mol. The Morgan fingerprint density at radius 3 is 2.58 bits per heavy atom. The Bertz CT molecular complexity index is 985. The van der Waals surface area contributed by atoms with Crippen LogP contribution in [-0.4, -0.2) is 23.3 Å². The van der Waals surface area contributed by atoms with Crippen molar-refractivity contribution in [3.05, 3.63) is 59.8 Å². The first-order valence-electron chi connectivity index (χ1n) is 6.97. The summed E-state index contributed by atoms with van der Waals surface area (Å²) in [5.74, 6) is -0.215. The van der Waals surface area contributed by atoms with Crippen molar-refractivity contribution in [2.24, 2.45) is 7.05 Å². The second-order valence-electron chi connectivity index (χ2n) is 5.15. The molecule has 1 aromatic heterocycles. The van der Waals surface area contributed by atoms with Gasteiger partial charge in [0.05, 0.1) is 5.69 Å². The van der Waals surface area contributed by atoms with Crippen LogP contribution in [0.3, 0.4) is 0 Å². The van der Waals surface area contributed by atoms with E-state index in [-0.39, 0.29) is 16.3 Å². The number of sulfonamides is 1. The molecule has 0 atom stereocenters. The van der Waals surface area contributed by atoms with Crippen LogP contribution in [-0.2, 0) is 17.1 Å². The van der Waals surface area contributed by atoms with Crippen molar-refractivity contribution in [3.8, 4) is 17.0 Å². The van der Waals surface area contributed by atoms with Crippen molar-refractivity contribution in [2.45, 2.75) is 4.90 Å². The quantitative estimate of drug-likeness (QED) is 0.697. The van der Waals surface area contributed by atoms with Crippen LogP contribution in [0, 0.1) is 0 Å². The Balaban J connectivity index is 2.06. The molecule has 8 heteroatoms. The largest absolute Gasteiger partial charge is 0.506 e. The molecule has 3 rings (SSSR count). The van der Waals surface area contributed by atoms with Crippen LogP contribution in [0.15, 0.2) is 59.6 Å². The third kappa shape index (κ3) is 3.22. The first-order valence-corrected chi connectivity index (χ1v) is 8.83. The zero-order chi connectivity index (χ0) is 17.3. The second-order valence-corrected chi connectivity index (χ2v) is 7.24. The minimum absolute atomic E-state index is 0.00497. The minimum Gasteiger partial charge on any atom is -0.506 e. The van der Waals surface area contributed by atoms with Gasteiger partial charge < -0.3 is 5.11 Å². The highest BCUT2D eigenvalue weighted by Gasteiger charge is 2.24. The highest BCUT2D eigenvalue weighted by atomic mass is 35.5. The molecule has 124 valence electrons. The van der Waals surface area contributed by atoms with E-state index in [9.17, 15) is 13.5 Å². The summed E-state index contributed by atoms with van der Waals surface area (Å²) in [7, 11) is -2.32. The molecular formula is C16H14ClN3O3S. The van der Waals surface area contributed by atoms with Gasteiger partial charge in [-0.3, -0.25) is 9.40 Å². The minimum atomic E-state index is -3.96. The molecule has 0 unspecified atom stereocenters. The van der Waals surface area contributed by atoms with Crippen molar-refractivity contribution < 1.29 is 13.5 Å². The van der Waals surface area contributed by atoms with Crippen LogP contribution in [0.2, 0.25) is 5.02 Å². The van der Waals surface area contributed by atoms with E-state index in [1.807, 2.05) is 6.07 Å². The summed E-state index contributed by atoms with van der Waals surface area (Å²) in [6, 6.07) is 13.1. The van der Waals surface area contributed by atoms with Gasteiger partial charge >= 0.3 is 0 Å². The number of aromatic nitrogens is 2. The highest BCUT2D eigenvalue weighted by Crippen LogP contribution is 2.31. The van der Waals surface area contributed by atoms with Gasteiger partial charge in [-0.05, 0) is 18.2 Å². The number of phenolic OH excluding ortho intramolecular Hbond substituents is 1. The Labute approximate surface area is 144 Å². The molecule has 0 aliphatic carbocycles. The van der Waals surface area contributed by atoms with Crippen LogP contribution in [0.1, 0.15) is 0 Å². The number of halogens is 1. The smallest absolute Gasteiger partial charge is 0.265 e. The van der Waals surface area contributed by atoms with E-state index in [4.69, 9.17) is 11.6 Å². The molecule has 0 spiro atoms. The molecule has 3 aromatic rings. The van der Waals surface area contributed by atoms with Crippen molar-refractivity contribution in [1.29, 1.82) is 0 Å². The second kappa shape index (κ2) is 6.18. The van der Waals surface area contributed by atoms with Crippen LogP contribution in [0.25, 0.3) is 11.3 Å². The van der Waals surface area contributed by atoms with Gasteiger partial charge in [-0.15, -0.1) is 0 Å². The molecule has 0 aliphatic rings. The lowest BCUT2D eigenvalue weighted by atomic mass is 10.2. The highest BCUT2D eigenvalue weighted by molar-refractivity contribution is 7.92. The molecule has 0 saturated carbocycles. The lowest BCUT2D eigenvalue weighted by Gasteiger charge is -2.10. The third-order valence-electron chi connectivity index (χ3n) is 3.33. The SMILES string of the molecule is Cn1cc(S(=O)(=O)Nc2cc(Cl)ccc2O)c(-c2ccccc2)n1. The molecular weight excluding hydrogens is 350 g/mol. The normalized spacial score (nSPS) is 11.4. The zero-order valence-corrected chi connectivity index (χ0v) is 14.2. The van der Waals surface area contributed by atoms with Crippen molar-refractivity contribution >= 4 is 27.3 Å². The van der Waals surface area contributed by atoms with Crippen LogP contribution >= 0.6 is 11.6 Å². The summed E-state index contributed by atoms with van der Waals surface area (Å²) in [5.41, 5.74) is 1.01. The summed E-state index contributed by atoms with van der Waals surface area (Å²) in [6.45, 7) is 0. The fourth-order valence-corrected chi connectivity index (χ4v) is 3.69. The fourth-order valence-electron chi connectivity index (χ4n) is 2.25. The lowest BCUT2D eigenvalue weighted by molar-refractivity contribution is 0.477. The van der Waals surface area contributed by atoms with Crippen molar-refractivity contribution in [1.82, 2.24) is 9.78 Å². The summed E-state index contributed by atoms with van der Waals surface area (Å²) in [5, 5.41) is 14.4. The van der Waals surface area contributed by atoms with E-state index in [2.05, 4.69) is 9.82 Å². The predicted octanol–water partition coefficient (Wildman–Crippen LogP) is 3.25. The lowest BCUT2D eigenvalue weighted by Crippen LogP contribution is -2.13. The van der Waals surface area contributed by atoms with Crippen molar-refractivity contribution in [3.63, 3.8) is 0 Å². The van der Waals surface area contributed by atoms with E-state index in [0.717, 1.165) is 0 Å². The van der Waals surface area contributed by atoms with Gasteiger partial charge in [-0.1, -0.05) is 41.9 Å². The number of aromatic hydroxyl groups is 1. The molecule has 1 heterocycles. The molecule has 0 bridgehead atoms. The van der Waals surface area contributed by atoms with Gasteiger partial charge in [0.1, 0.15) is 16.3 Å². The summed E-state index contributed by atoms with van der Waals surface area (Å²) >= 11 is 5.86. The number of hydrogen-bond acceptors (Lipinski definition) is 4. The third-order valence-corrected chi connectivity index (χ3v) is 4.94. The van der Waals surface area contributed by atoms with E-state index in [1.165, 1.54) is 29.1 Å². The van der Waals surface area contributed by atoms with Gasteiger partial charge in [-0.25, -0.2) is 8.42 Å². The van der Waals surface area contributed by atoms with Crippen LogP contribution < -0.4 is 4.72 Å². The number of nitrogens with zero attached hydrogens (tertiary/aromatic N) is 2. The van der Waals surface area contributed by atoms with Crippen LogP contribution in [0.5, 0.6) is 5.75 Å². The maximum Gasteiger partial charge on any atom is 0.265 e. The number of anilines is 1.